The first-order chi connectivity index (χ1) is 16.3. The predicted octanol–water partition coefficient (Wildman–Crippen LogP) is 7.14. The number of phenolic OH excluding ortho intramolecular Hbond substituents is 1. The molecule has 33 heavy (non-hydrogen) atoms. The van der Waals surface area contributed by atoms with Gasteiger partial charge in [0.2, 0.25) is 5.88 Å². The van der Waals surface area contributed by atoms with E-state index in [0.29, 0.717) is 17.3 Å². The van der Waals surface area contributed by atoms with E-state index in [1.807, 2.05) is 18.2 Å². The maximum atomic E-state index is 10.5. The van der Waals surface area contributed by atoms with Crippen molar-refractivity contribution in [3.8, 4) is 34.3 Å². The molecule has 0 atom stereocenters. The monoisotopic (exact) mass is 432 g/mol. The van der Waals surface area contributed by atoms with E-state index in [2.05, 4.69) is 54.6 Å². The molecule has 0 saturated heterocycles. The van der Waals surface area contributed by atoms with Crippen molar-refractivity contribution in [3.05, 3.63) is 84.9 Å². The molecule has 5 aromatic rings. The summed E-state index contributed by atoms with van der Waals surface area (Å²) in [5.41, 5.74) is 2.45. The van der Waals surface area contributed by atoms with Gasteiger partial charge in [-0.2, -0.15) is 4.98 Å². The molecule has 0 radical (unpaired) electrons. The molecule has 1 aromatic heterocycles. The number of para-hydroxylation sites is 1. The lowest BCUT2D eigenvalue weighted by Gasteiger charge is -2.16. The molecule has 1 fully saturated rings. The van der Waals surface area contributed by atoms with Crippen molar-refractivity contribution >= 4 is 21.5 Å². The summed E-state index contributed by atoms with van der Waals surface area (Å²) in [4.78, 5) is 9.68. The first-order valence-electron chi connectivity index (χ1n) is 11.5. The molecule has 0 unspecified atom stereocenters. The molecule has 1 saturated carbocycles. The summed E-state index contributed by atoms with van der Waals surface area (Å²) >= 11 is 0. The highest BCUT2D eigenvalue weighted by Gasteiger charge is 2.20. The lowest BCUT2D eigenvalue weighted by atomic mass is 9.94. The zero-order valence-corrected chi connectivity index (χ0v) is 18.2. The number of phenols is 1. The Balaban J connectivity index is 1.62. The standard InChI is InChI=1S/C29H24N2O2/c32-26-16-8-7-15-24(26)29-30-25(18-27(31-29)33-21-11-3-4-12-21)28-22-13-5-1-9-19(22)17-20-10-2-6-14-23(20)28/h1-2,5-10,13-18,21,32H,3-4,11-12H2. The first-order valence-corrected chi connectivity index (χ1v) is 11.5. The van der Waals surface area contributed by atoms with E-state index in [4.69, 9.17) is 14.7 Å². The Labute approximate surface area is 192 Å². The van der Waals surface area contributed by atoms with Crippen molar-refractivity contribution in [2.24, 2.45) is 0 Å². The number of rotatable bonds is 4. The van der Waals surface area contributed by atoms with Gasteiger partial charge in [-0.25, -0.2) is 4.98 Å². The van der Waals surface area contributed by atoms with Crippen LogP contribution < -0.4 is 4.74 Å². The van der Waals surface area contributed by atoms with Crippen LogP contribution in [-0.4, -0.2) is 21.2 Å². The summed E-state index contributed by atoms with van der Waals surface area (Å²) in [5, 5.41) is 15.1. The van der Waals surface area contributed by atoms with Crippen LogP contribution in [0.5, 0.6) is 11.6 Å². The van der Waals surface area contributed by atoms with Gasteiger partial charge in [0.05, 0.1) is 11.3 Å². The fourth-order valence-electron chi connectivity index (χ4n) is 4.86. The molecule has 0 amide bonds. The van der Waals surface area contributed by atoms with Gasteiger partial charge in [0, 0.05) is 11.6 Å². The van der Waals surface area contributed by atoms with Crippen molar-refractivity contribution in [3.63, 3.8) is 0 Å². The maximum Gasteiger partial charge on any atom is 0.217 e. The normalized spacial score (nSPS) is 14.2. The Kier molecular flexibility index (Phi) is 4.91. The van der Waals surface area contributed by atoms with Crippen molar-refractivity contribution in [1.82, 2.24) is 9.97 Å². The number of benzene rings is 4. The van der Waals surface area contributed by atoms with Crippen molar-refractivity contribution in [1.29, 1.82) is 0 Å². The molecule has 1 aliphatic rings. The zero-order chi connectivity index (χ0) is 22.2. The van der Waals surface area contributed by atoms with E-state index < -0.39 is 0 Å². The predicted molar refractivity (Wildman–Crippen MR) is 132 cm³/mol. The van der Waals surface area contributed by atoms with Crippen LogP contribution in [0.15, 0.2) is 84.9 Å². The second-order valence-electron chi connectivity index (χ2n) is 8.65. The van der Waals surface area contributed by atoms with Crippen LogP contribution in [0.4, 0.5) is 0 Å². The van der Waals surface area contributed by atoms with Crippen LogP contribution in [0.1, 0.15) is 25.7 Å². The molecule has 4 nitrogen and oxygen atoms in total. The Morgan fingerprint density at radius 3 is 2.06 bits per heavy atom. The lowest BCUT2D eigenvalue weighted by Crippen LogP contribution is -2.12. The molecule has 1 aliphatic carbocycles. The van der Waals surface area contributed by atoms with Gasteiger partial charge >= 0.3 is 0 Å². The van der Waals surface area contributed by atoms with E-state index in [0.717, 1.165) is 45.6 Å². The molecular formula is C29H24N2O2. The number of aromatic nitrogens is 2. The summed E-state index contributed by atoms with van der Waals surface area (Å²) < 4.78 is 6.33. The SMILES string of the molecule is Oc1ccccc1-c1nc(OC2CCCC2)cc(-c2c3ccccc3cc3ccccc23)n1. The number of hydrogen-bond donors (Lipinski definition) is 1. The molecule has 0 spiro atoms. The highest BCUT2D eigenvalue weighted by atomic mass is 16.5. The van der Waals surface area contributed by atoms with Gasteiger partial charge in [0.1, 0.15) is 11.9 Å². The second kappa shape index (κ2) is 8.21. The van der Waals surface area contributed by atoms with Crippen molar-refractivity contribution < 1.29 is 9.84 Å². The molecule has 1 N–H and O–H groups in total. The largest absolute Gasteiger partial charge is 0.507 e. The Bertz CT molecular complexity index is 1420. The third kappa shape index (κ3) is 3.68. The van der Waals surface area contributed by atoms with Crippen LogP contribution in [0.2, 0.25) is 0 Å². The van der Waals surface area contributed by atoms with Gasteiger partial charge in [-0.05, 0) is 65.4 Å². The third-order valence-corrected chi connectivity index (χ3v) is 6.46. The fourth-order valence-corrected chi connectivity index (χ4v) is 4.86. The van der Waals surface area contributed by atoms with Gasteiger partial charge in [-0.1, -0.05) is 60.7 Å². The van der Waals surface area contributed by atoms with Crippen LogP contribution in [0.3, 0.4) is 0 Å². The average Bonchev–Trinajstić information content (AvgIpc) is 3.35. The second-order valence-corrected chi connectivity index (χ2v) is 8.65. The number of nitrogens with zero attached hydrogens (tertiary/aromatic N) is 2. The Hall–Kier alpha value is -3.92. The molecule has 0 bridgehead atoms. The fraction of sp³-hybridized carbons (Fsp3) is 0.172. The summed E-state index contributed by atoms with van der Waals surface area (Å²) in [6.07, 6.45) is 4.63. The minimum Gasteiger partial charge on any atom is -0.507 e. The van der Waals surface area contributed by atoms with E-state index in [1.165, 1.54) is 12.8 Å². The Morgan fingerprint density at radius 2 is 1.36 bits per heavy atom. The van der Waals surface area contributed by atoms with E-state index in [-0.39, 0.29) is 11.9 Å². The average molecular weight is 433 g/mol. The van der Waals surface area contributed by atoms with Crippen molar-refractivity contribution in [2.45, 2.75) is 31.8 Å². The van der Waals surface area contributed by atoms with Crippen molar-refractivity contribution in [2.75, 3.05) is 0 Å². The summed E-state index contributed by atoms with van der Waals surface area (Å²) in [6, 6.07) is 28.1. The highest BCUT2D eigenvalue weighted by Crippen LogP contribution is 2.38. The molecule has 0 aliphatic heterocycles. The van der Waals surface area contributed by atoms with E-state index in [1.54, 1.807) is 12.1 Å². The molecule has 1 heterocycles. The van der Waals surface area contributed by atoms with Gasteiger partial charge in [0.25, 0.3) is 0 Å². The van der Waals surface area contributed by atoms with Crippen LogP contribution in [-0.2, 0) is 0 Å². The minimum absolute atomic E-state index is 0.157. The lowest BCUT2D eigenvalue weighted by molar-refractivity contribution is 0.201. The number of aromatic hydroxyl groups is 1. The number of ether oxygens (including phenoxy) is 1. The van der Waals surface area contributed by atoms with Crippen LogP contribution >= 0.6 is 0 Å². The van der Waals surface area contributed by atoms with Gasteiger partial charge < -0.3 is 9.84 Å². The summed E-state index contributed by atoms with van der Waals surface area (Å²) in [6.45, 7) is 0. The summed E-state index contributed by atoms with van der Waals surface area (Å²) in [7, 11) is 0. The Morgan fingerprint density at radius 1 is 0.727 bits per heavy atom. The molecule has 4 aromatic carbocycles. The molecule has 4 heteroatoms. The highest BCUT2D eigenvalue weighted by molar-refractivity contribution is 6.12. The number of fused-ring (bicyclic) bond motifs is 2. The van der Waals surface area contributed by atoms with E-state index >= 15 is 0 Å². The van der Waals surface area contributed by atoms with Crippen LogP contribution in [0, 0.1) is 0 Å². The third-order valence-electron chi connectivity index (χ3n) is 6.46. The van der Waals surface area contributed by atoms with Crippen LogP contribution in [0.25, 0.3) is 44.2 Å². The van der Waals surface area contributed by atoms with Gasteiger partial charge in [-0.3, -0.25) is 0 Å². The summed E-state index contributed by atoms with van der Waals surface area (Å²) in [5.74, 6) is 1.18. The number of hydrogen-bond acceptors (Lipinski definition) is 4. The first kappa shape index (κ1) is 19.7. The minimum atomic E-state index is 0.157. The zero-order valence-electron chi connectivity index (χ0n) is 18.2. The molecular weight excluding hydrogens is 408 g/mol. The molecule has 162 valence electrons. The van der Waals surface area contributed by atoms with E-state index in [9.17, 15) is 5.11 Å². The van der Waals surface area contributed by atoms with Gasteiger partial charge in [-0.15, -0.1) is 0 Å². The smallest absolute Gasteiger partial charge is 0.217 e. The van der Waals surface area contributed by atoms with Gasteiger partial charge in [0.15, 0.2) is 5.82 Å². The quantitative estimate of drug-likeness (QED) is 0.307. The maximum absolute atomic E-state index is 10.5. The topological polar surface area (TPSA) is 55.2 Å². The molecule has 6 rings (SSSR count).